The highest BCUT2D eigenvalue weighted by Gasteiger charge is 2.38. The van der Waals surface area contributed by atoms with Crippen molar-refractivity contribution in [3.05, 3.63) is 30.1 Å². The third kappa shape index (κ3) is 6.25. The lowest BCUT2D eigenvalue weighted by molar-refractivity contribution is -0.137. The van der Waals surface area contributed by atoms with Gasteiger partial charge in [-0.05, 0) is 44.5 Å². The Bertz CT molecular complexity index is 871. The molecule has 9 heteroatoms. The van der Waals surface area contributed by atoms with Crippen LogP contribution in [0.3, 0.4) is 0 Å². The van der Waals surface area contributed by atoms with Crippen molar-refractivity contribution in [2.24, 2.45) is 0 Å². The summed E-state index contributed by atoms with van der Waals surface area (Å²) in [5.41, 5.74) is 0.361. The summed E-state index contributed by atoms with van der Waals surface area (Å²) in [5.74, 6) is -0.765. The second-order valence-electron chi connectivity index (χ2n) is 8.38. The number of nitrogens with one attached hydrogen (secondary N) is 1. The molecule has 0 radical (unpaired) electrons. The molecule has 1 heterocycles. The quantitative estimate of drug-likeness (QED) is 0.703. The van der Waals surface area contributed by atoms with Crippen LogP contribution < -0.4 is 5.32 Å². The average molecular weight is 440 g/mol. The zero-order valence-electron chi connectivity index (χ0n) is 17.3. The zero-order chi connectivity index (χ0) is 21.7. The molecule has 2 aliphatic rings. The molecule has 1 aromatic rings. The molecule has 7 nitrogen and oxygen atoms in total. The highest BCUT2D eigenvalue weighted by molar-refractivity contribution is 7.91. The normalized spacial score (nSPS) is 21.5. The molecule has 1 saturated carbocycles. The second kappa shape index (κ2) is 9.87. The molecule has 1 aliphatic carbocycles. The van der Waals surface area contributed by atoms with Crippen LogP contribution in [-0.4, -0.2) is 73.8 Å². The van der Waals surface area contributed by atoms with Crippen LogP contribution in [0.5, 0.6) is 0 Å². The van der Waals surface area contributed by atoms with E-state index in [2.05, 4.69) is 5.32 Å². The molecular formula is C21H30FN3O4S. The van der Waals surface area contributed by atoms with Crippen molar-refractivity contribution in [3.8, 4) is 0 Å². The van der Waals surface area contributed by atoms with Crippen LogP contribution in [0.2, 0.25) is 0 Å². The van der Waals surface area contributed by atoms with Gasteiger partial charge in [0.2, 0.25) is 11.8 Å². The van der Waals surface area contributed by atoms with Gasteiger partial charge in [0.1, 0.15) is 5.82 Å². The molecule has 1 atom stereocenters. The van der Waals surface area contributed by atoms with Crippen LogP contribution in [0.25, 0.3) is 0 Å². The van der Waals surface area contributed by atoms with E-state index < -0.39 is 15.7 Å². The molecule has 0 aromatic heterocycles. The standard InChI is InChI=1S/C21H30FN3O4S/c1-24(13-20(26)23-17-7-5-6-16(22)12-17)14-21(27)25(18-8-3-2-4-9-18)19-10-11-30(28,29)15-19/h5-7,12,18-19H,2-4,8-11,13-15H2,1H3,(H,23,26)/t19-/m0/s1. The third-order valence-electron chi connectivity index (χ3n) is 5.78. The van der Waals surface area contributed by atoms with E-state index in [1.165, 1.54) is 18.2 Å². The Morgan fingerprint density at radius 2 is 1.83 bits per heavy atom. The maximum Gasteiger partial charge on any atom is 0.238 e. The maximum atomic E-state index is 13.3. The number of halogens is 1. The predicted molar refractivity (Wildman–Crippen MR) is 113 cm³/mol. The number of hydrogen-bond donors (Lipinski definition) is 1. The molecule has 2 fully saturated rings. The minimum absolute atomic E-state index is 0.0241. The van der Waals surface area contributed by atoms with Gasteiger partial charge in [0.15, 0.2) is 9.84 Å². The van der Waals surface area contributed by atoms with Crippen molar-refractivity contribution in [3.63, 3.8) is 0 Å². The summed E-state index contributed by atoms with van der Waals surface area (Å²) >= 11 is 0. The van der Waals surface area contributed by atoms with Crippen molar-refractivity contribution < 1.29 is 22.4 Å². The van der Waals surface area contributed by atoms with Gasteiger partial charge in [-0.3, -0.25) is 14.5 Å². The molecule has 166 valence electrons. The first-order valence-corrected chi connectivity index (χ1v) is 12.3. The van der Waals surface area contributed by atoms with E-state index in [9.17, 15) is 22.4 Å². The van der Waals surface area contributed by atoms with E-state index in [-0.39, 0.29) is 48.5 Å². The van der Waals surface area contributed by atoms with Crippen LogP contribution in [-0.2, 0) is 19.4 Å². The van der Waals surface area contributed by atoms with E-state index in [0.29, 0.717) is 12.1 Å². The highest BCUT2D eigenvalue weighted by Crippen LogP contribution is 2.28. The van der Waals surface area contributed by atoms with Crippen molar-refractivity contribution in [2.75, 3.05) is 37.0 Å². The van der Waals surface area contributed by atoms with Gasteiger partial charge in [0.25, 0.3) is 0 Å². The smallest absolute Gasteiger partial charge is 0.238 e. The van der Waals surface area contributed by atoms with Crippen molar-refractivity contribution >= 4 is 27.3 Å². The monoisotopic (exact) mass is 439 g/mol. The first-order valence-electron chi connectivity index (χ1n) is 10.5. The maximum absolute atomic E-state index is 13.3. The van der Waals surface area contributed by atoms with E-state index in [0.717, 1.165) is 32.1 Å². The van der Waals surface area contributed by atoms with Crippen molar-refractivity contribution in [1.29, 1.82) is 0 Å². The molecule has 0 bridgehead atoms. The van der Waals surface area contributed by atoms with Gasteiger partial charge in [-0.2, -0.15) is 0 Å². The summed E-state index contributed by atoms with van der Waals surface area (Å²) in [6.45, 7) is 0.00729. The Hall–Kier alpha value is -2.00. The topological polar surface area (TPSA) is 86.8 Å². The number of likely N-dealkylation sites (N-methyl/N-ethyl adjacent to an activating group) is 1. The summed E-state index contributed by atoms with van der Waals surface area (Å²) in [5, 5.41) is 2.62. The molecular weight excluding hydrogens is 409 g/mol. The van der Waals surface area contributed by atoms with Gasteiger partial charge in [0, 0.05) is 17.8 Å². The number of anilines is 1. The highest BCUT2D eigenvalue weighted by atomic mass is 32.2. The Labute approximate surface area is 177 Å². The largest absolute Gasteiger partial charge is 0.335 e. The van der Waals surface area contributed by atoms with Crippen LogP contribution in [0, 0.1) is 5.82 Å². The van der Waals surface area contributed by atoms with Crippen molar-refractivity contribution in [1.82, 2.24) is 9.80 Å². The number of carbonyl (C=O) groups is 2. The van der Waals surface area contributed by atoms with Gasteiger partial charge in [0.05, 0.1) is 24.6 Å². The minimum Gasteiger partial charge on any atom is -0.335 e. The lowest BCUT2D eigenvalue weighted by Crippen LogP contribution is -2.52. The molecule has 1 N–H and O–H groups in total. The van der Waals surface area contributed by atoms with Gasteiger partial charge >= 0.3 is 0 Å². The van der Waals surface area contributed by atoms with Crippen LogP contribution >= 0.6 is 0 Å². The SMILES string of the molecule is CN(CC(=O)Nc1cccc(F)c1)CC(=O)N(C1CCCCC1)[C@H]1CCS(=O)(=O)C1. The molecule has 2 amide bonds. The van der Waals surface area contributed by atoms with E-state index in [1.807, 2.05) is 0 Å². The number of benzene rings is 1. The number of rotatable bonds is 7. The zero-order valence-corrected chi connectivity index (χ0v) is 18.2. The van der Waals surface area contributed by atoms with Crippen LogP contribution in [0.15, 0.2) is 24.3 Å². The van der Waals surface area contributed by atoms with E-state index in [4.69, 9.17) is 0 Å². The molecule has 30 heavy (non-hydrogen) atoms. The first kappa shape index (κ1) is 22.7. The third-order valence-corrected chi connectivity index (χ3v) is 7.54. The number of amides is 2. The minimum atomic E-state index is -3.10. The number of hydrogen-bond acceptors (Lipinski definition) is 5. The average Bonchev–Trinajstić information content (AvgIpc) is 3.01. The number of nitrogens with zero attached hydrogens (tertiary/aromatic N) is 2. The van der Waals surface area contributed by atoms with Gasteiger partial charge in [-0.25, -0.2) is 12.8 Å². The van der Waals surface area contributed by atoms with Gasteiger partial charge in [-0.15, -0.1) is 0 Å². The van der Waals surface area contributed by atoms with Gasteiger partial charge in [-0.1, -0.05) is 25.3 Å². The summed E-state index contributed by atoms with van der Waals surface area (Å²) in [4.78, 5) is 28.8. The Kier molecular flexibility index (Phi) is 7.46. The van der Waals surface area contributed by atoms with Crippen molar-refractivity contribution in [2.45, 2.75) is 50.6 Å². The molecule has 1 aromatic carbocycles. The summed E-state index contributed by atoms with van der Waals surface area (Å²) < 4.78 is 37.2. The first-order chi connectivity index (χ1) is 14.2. The van der Waals surface area contributed by atoms with Crippen LogP contribution in [0.4, 0.5) is 10.1 Å². The summed E-state index contributed by atoms with van der Waals surface area (Å²) in [7, 11) is -1.43. The summed E-state index contributed by atoms with van der Waals surface area (Å²) in [6, 6.07) is 5.42. The Balaban J connectivity index is 1.60. The fraction of sp³-hybridized carbons (Fsp3) is 0.619. The number of carbonyl (C=O) groups excluding carboxylic acids is 2. The molecule has 3 rings (SSSR count). The molecule has 0 unspecified atom stereocenters. The number of sulfone groups is 1. The second-order valence-corrected chi connectivity index (χ2v) is 10.6. The van der Waals surface area contributed by atoms with Crippen LogP contribution in [0.1, 0.15) is 38.5 Å². The fourth-order valence-electron chi connectivity index (χ4n) is 4.44. The molecule has 1 saturated heterocycles. The molecule has 1 aliphatic heterocycles. The summed E-state index contributed by atoms with van der Waals surface area (Å²) in [6.07, 6.45) is 5.49. The predicted octanol–water partition coefficient (Wildman–Crippen LogP) is 2.04. The Morgan fingerprint density at radius 3 is 2.47 bits per heavy atom. The lowest BCUT2D eigenvalue weighted by atomic mass is 9.93. The van der Waals surface area contributed by atoms with E-state index >= 15 is 0 Å². The van der Waals surface area contributed by atoms with Gasteiger partial charge < -0.3 is 10.2 Å². The fourth-order valence-corrected chi connectivity index (χ4v) is 6.15. The lowest BCUT2D eigenvalue weighted by Gasteiger charge is -2.39. The molecule has 0 spiro atoms. The Morgan fingerprint density at radius 1 is 1.10 bits per heavy atom. The van der Waals surface area contributed by atoms with E-state index in [1.54, 1.807) is 22.9 Å².